The van der Waals surface area contributed by atoms with E-state index < -0.39 is 5.97 Å². The Kier molecular flexibility index (Phi) is 5.27. The van der Waals surface area contributed by atoms with Crippen molar-refractivity contribution in [3.05, 3.63) is 130 Å². The molecule has 0 amide bonds. The Labute approximate surface area is 207 Å². The maximum absolute atomic E-state index is 13.5. The molecule has 4 aromatic rings. The Morgan fingerprint density at radius 1 is 0.857 bits per heavy atom. The number of nitrogens with one attached hydrogen (secondary N) is 1. The molecule has 1 atom stereocenters. The van der Waals surface area contributed by atoms with E-state index in [0.717, 1.165) is 44.1 Å². The van der Waals surface area contributed by atoms with E-state index >= 15 is 0 Å². The van der Waals surface area contributed by atoms with Crippen molar-refractivity contribution in [2.45, 2.75) is 17.1 Å². The quantitative estimate of drug-likeness (QED) is 0.253. The fourth-order valence-corrected chi connectivity index (χ4v) is 5.86. The molecule has 0 aromatic heterocycles. The number of aryl methyl sites for hydroxylation is 1. The van der Waals surface area contributed by atoms with Crippen molar-refractivity contribution in [2.24, 2.45) is 0 Å². The molecule has 170 valence electrons. The van der Waals surface area contributed by atoms with Gasteiger partial charge in [0.2, 0.25) is 0 Å². The molecule has 1 heterocycles. The van der Waals surface area contributed by atoms with Crippen molar-refractivity contribution < 1.29 is 14.3 Å². The summed E-state index contributed by atoms with van der Waals surface area (Å²) in [6.07, 6.45) is 0. The predicted molar refractivity (Wildman–Crippen MR) is 139 cm³/mol. The number of thioether (sulfide) groups is 1. The van der Waals surface area contributed by atoms with Crippen LogP contribution in [0.4, 0.5) is 5.69 Å². The summed E-state index contributed by atoms with van der Waals surface area (Å²) in [4.78, 5) is 27.2. The van der Waals surface area contributed by atoms with Crippen molar-refractivity contribution in [1.82, 2.24) is 0 Å². The average molecular weight is 476 g/mol. The lowest BCUT2D eigenvalue weighted by molar-refractivity contribution is 0.0734. The maximum Gasteiger partial charge on any atom is 0.343 e. The number of esters is 1. The lowest BCUT2D eigenvalue weighted by Crippen LogP contribution is -2.09. The molecule has 0 unspecified atom stereocenters. The van der Waals surface area contributed by atoms with Crippen molar-refractivity contribution in [2.75, 3.05) is 5.32 Å². The SMILES string of the molecule is Cc1cccc(C(=O)Oc2ccc([C@@H]3Sc4ccccc4NC4=C3C(=O)c3ccccc34)cc2)c1. The van der Waals surface area contributed by atoms with Gasteiger partial charge in [-0.05, 0) is 48.9 Å². The number of ether oxygens (including phenoxy) is 1. The van der Waals surface area contributed by atoms with Crippen molar-refractivity contribution in [1.29, 1.82) is 0 Å². The third-order valence-corrected chi connectivity index (χ3v) is 7.61. The molecule has 0 spiro atoms. The number of carbonyl (C=O) groups is 2. The van der Waals surface area contributed by atoms with Crippen LogP contribution in [-0.4, -0.2) is 11.8 Å². The lowest BCUT2D eigenvalue weighted by atomic mass is 10.0. The molecule has 6 rings (SSSR count). The van der Waals surface area contributed by atoms with Gasteiger partial charge in [0, 0.05) is 21.6 Å². The Morgan fingerprint density at radius 3 is 2.40 bits per heavy atom. The molecule has 0 radical (unpaired) electrons. The number of hydrogen-bond donors (Lipinski definition) is 1. The van der Waals surface area contributed by atoms with Gasteiger partial charge in [-0.25, -0.2) is 4.79 Å². The first-order chi connectivity index (χ1) is 17.1. The molecule has 4 nitrogen and oxygen atoms in total. The highest BCUT2D eigenvalue weighted by Gasteiger charge is 2.38. The van der Waals surface area contributed by atoms with Gasteiger partial charge in [-0.2, -0.15) is 0 Å². The average Bonchev–Trinajstić information content (AvgIpc) is 3.04. The lowest BCUT2D eigenvalue weighted by Gasteiger charge is -2.17. The van der Waals surface area contributed by atoms with Gasteiger partial charge in [0.15, 0.2) is 5.78 Å². The number of benzene rings is 4. The first kappa shape index (κ1) is 21.4. The topological polar surface area (TPSA) is 55.4 Å². The Bertz CT molecular complexity index is 1520. The van der Waals surface area contributed by atoms with Gasteiger partial charge in [0.1, 0.15) is 5.75 Å². The third kappa shape index (κ3) is 3.84. The van der Waals surface area contributed by atoms with Crippen molar-refractivity contribution in [3.63, 3.8) is 0 Å². The highest BCUT2D eigenvalue weighted by atomic mass is 32.2. The summed E-state index contributed by atoms with van der Waals surface area (Å²) < 4.78 is 5.60. The van der Waals surface area contributed by atoms with Gasteiger partial charge >= 0.3 is 5.97 Å². The molecule has 2 aliphatic rings. The number of carbonyl (C=O) groups excluding carboxylic acids is 2. The summed E-state index contributed by atoms with van der Waals surface area (Å²) in [6.45, 7) is 1.94. The van der Waals surface area contributed by atoms with E-state index in [-0.39, 0.29) is 11.0 Å². The fraction of sp³-hybridized carbons (Fsp3) is 0.0667. The minimum Gasteiger partial charge on any atom is -0.423 e. The molecule has 0 fully saturated rings. The summed E-state index contributed by atoms with van der Waals surface area (Å²) in [5.41, 5.74) is 6.73. The van der Waals surface area contributed by atoms with Gasteiger partial charge in [-0.1, -0.05) is 66.2 Å². The standard InChI is InChI=1S/C30H21NO3S/c1-18-7-6-8-20(17-18)30(33)34-21-15-13-19(14-16-21)29-26-27(22-9-2-3-10-23(22)28(26)32)31-24-11-4-5-12-25(24)35-29/h2-17,29,31H,1H3/t29-/m0/s1. The van der Waals surface area contributed by atoms with E-state index in [1.807, 2.05) is 73.7 Å². The number of ketones is 1. The molecular weight excluding hydrogens is 454 g/mol. The van der Waals surface area contributed by atoms with E-state index in [4.69, 9.17) is 4.74 Å². The van der Waals surface area contributed by atoms with Crippen LogP contribution in [0.3, 0.4) is 0 Å². The molecule has 0 saturated carbocycles. The molecule has 4 aromatic carbocycles. The first-order valence-electron chi connectivity index (χ1n) is 11.4. The fourth-order valence-electron chi connectivity index (χ4n) is 4.56. The smallest absolute Gasteiger partial charge is 0.343 e. The predicted octanol–water partition coefficient (Wildman–Crippen LogP) is 7.08. The zero-order valence-electron chi connectivity index (χ0n) is 18.9. The summed E-state index contributed by atoms with van der Waals surface area (Å²) in [7, 11) is 0. The van der Waals surface area contributed by atoms with Crippen LogP contribution in [0.5, 0.6) is 5.75 Å². The van der Waals surface area contributed by atoms with Gasteiger partial charge < -0.3 is 10.1 Å². The molecule has 1 aliphatic carbocycles. The number of anilines is 1. The molecule has 35 heavy (non-hydrogen) atoms. The van der Waals surface area contributed by atoms with Crippen LogP contribution < -0.4 is 10.1 Å². The number of hydrogen-bond acceptors (Lipinski definition) is 5. The molecule has 0 saturated heterocycles. The van der Waals surface area contributed by atoms with E-state index in [9.17, 15) is 9.59 Å². The van der Waals surface area contributed by atoms with Gasteiger partial charge in [0.25, 0.3) is 0 Å². The molecular formula is C30H21NO3S. The van der Waals surface area contributed by atoms with Crippen LogP contribution in [0, 0.1) is 6.92 Å². The number of rotatable bonds is 3. The number of Topliss-reactive ketones (excluding diaryl/α,β-unsaturated/α-hetero) is 1. The molecule has 5 heteroatoms. The van der Waals surface area contributed by atoms with Crippen LogP contribution in [0.25, 0.3) is 5.70 Å². The maximum atomic E-state index is 13.5. The zero-order chi connectivity index (χ0) is 23.9. The second kappa shape index (κ2) is 8.60. The van der Waals surface area contributed by atoms with Gasteiger partial charge in [-0.3, -0.25) is 4.79 Å². The summed E-state index contributed by atoms with van der Waals surface area (Å²) >= 11 is 1.65. The van der Waals surface area contributed by atoms with Crippen LogP contribution in [0.15, 0.2) is 108 Å². The second-order valence-corrected chi connectivity index (χ2v) is 9.76. The third-order valence-electron chi connectivity index (χ3n) is 6.26. The Balaban J connectivity index is 1.36. The Hall–Kier alpha value is -4.09. The van der Waals surface area contributed by atoms with Crippen LogP contribution >= 0.6 is 11.8 Å². The Morgan fingerprint density at radius 2 is 1.60 bits per heavy atom. The highest BCUT2D eigenvalue weighted by molar-refractivity contribution is 8.00. The first-order valence-corrected chi connectivity index (χ1v) is 12.3. The largest absolute Gasteiger partial charge is 0.423 e. The van der Waals surface area contributed by atoms with E-state index in [0.29, 0.717) is 11.3 Å². The molecule has 1 N–H and O–H groups in total. The highest BCUT2D eigenvalue weighted by Crippen LogP contribution is 2.52. The molecule has 1 aliphatic heterocycles. The summed E-state index contributed by atoms with van der Waals surface area (Å²) in [5.74, 6) is 0.117. The minimum absolute atomic E-state index is 0.0448. The van der Waals surface area contributed by atoms with Crippen molar-refractivity contribution in [3.8, 4) is 5.75 Å². The van der Waals surface area contributed by atoms with Crippen molar-refractivity contribution >= 4 is 34.9 Å². The second-order valence-electron chi connectivity index (χ2n) is 8.61. The van der Waals surface area contributed by atoms with Crippen LogP contribution in [0.2, 0.25) is 0 Å². The van der Waals surface area contributed by atoms with Gasteiger partial charge in [-0.15, -0.1) is 11.8 Å². The molecule has 0 bridgehead atoms. The minimum atomic E-state index is -0.394. The van der Waals surface area contributed by atoms with Gasteiger partial charge in [0.05, 0.1) is 22.2 Å². The van der Waals surface area contributed by atoms with Crippen LogP contribution in [0.1, 0.15) is 42.7 Å². The van der Waals surface area contributed by atoms with E-state index in [2.05, 4.69) is 11.4 Å². The van der Waals surface area contributed by atoms with E-state index in [1.54, 1.807) is 36.0 Å². The summed E-state index contributed by atoms with van der Waals surface area (Å²) in [6, 6.07) is 30.6. The monoisotopic (exact) mass is 475 g/mol. The van der Waals surface area contributed by atoms with E-state index in [1.165, 1.54) is 0 Å². The normalized spacial score (nSPS) is 16.0. The summed E-state index contributed by atoms with van der Waals surface area (Å²) in [5, 5.41) is 3.33. The number of para-hydroxylation sites is 1. The van der Waals surface area contributed by atoms with Crippen LogP contribution in [-0.2, 0) is 0 Å². The zero-order valence-corrected chi connectivity index (χ0v) is 19.8. The number of fused-ring (bicyclic) bond motifs is 3.